The van der Waals surface area contributed by atoms with Gasteiger partial charge in [0.25, 0.3) is 0 Å². The molecular formula is C13H22N2O3. The number of rotatable bonds is 5. The zero-order valence-electron chi connectivity index (χ0n) is 10.7. The lowest BCUT2D eigenvalue weighted by Crippen LogP contribution is -2.59. The number of nitrogens with one attached hydrogen (secondary N) is 2. The molecule has 1 aliphatic carbocycles. The van der Waals surface area contributed by atoms with Gasteiger partial charge in [-0.15, -0.1) is 0 Å². The zero-order valence-corrected chi connectivity index (χ0v) is 10.7. The highest BCUT2D eigenvalue weighted by Gasteiger charge is 2.45. The summed E-state index contributed by atoms with van der Waals surface area (Å²) < 4.78 is 0. The Kier molecular flexibility index (Phi) is 4.22. The van der Waals surface area contributed by atoms with Crippen LogP contribution in [-0.2, 0) is 9.59 Å². The summed E-state index contributed by atoms with van der Waals surface area (Å²) in [4.78, 5) is 22.9. The first-order valence-corrected chi connectivity index (χ1v) is 6.87. The van der Waals surface area contributed by atoms with Crippen LogP contribution in [0.3, 0.4) is 0 Å². The molecule has 0 unspecified atom stereocenters. The van der Waals surface area contributed by atoms with E-state index in [1.54, 1.807) is 0 Å². The van der Waals surface area contributed by atoms with E-state index in [1.165, 1.54) is 0 Å². The van der Waals surface area contributed by atoms with Crippen LogP contribution in [-0.4, -0.2) is 35.6 Å². The first kappa shape index (κ1) is 13.3. The molecule has 2 rings (SSSR count). The molecule has 2 fully saturated rings. The summed E-state index contributed by atoms with van der Waals surface area (Å²) in [7, 11) is 0. The first-order chi connectivity index (χ1) is 8.62. The number of amides is 1. The van der Waals surface area contributed by atoms with Crippen molar-refractivity contribution in [3.05, 3.63) is 0 Å². The maximum atomic E-state index is 11.8. The minimum atomic E-state index is -0.953. The van der Waals surface area contributed by atoms with Gasteiger partial charge >= 0.3 is 5.97 Å². The van der Waals surface area contributed by atoms with Crippen molar-refractivity contribution >= 4 is 11.9 Å². The summed E-state index contributed by atoms with van der Waals surface area (Å²) in [5.74, 6) is -0.376. The fourth-order valence-corrected chi connectivity index (χ4v) is 2.76. The molecule has 3 N–H and O–H groups in total. The maximum Gasteiger partial charge on any atom is 0.329 e. The highest BCUT2D eigenvalue weighted by atomic mass is 16.4. The molecule has 0 atom stereocenters. The van der Waals surface area contributed by atoms with Gasteiger partial charge in [0.05, 0.1) is 0 Å². The molecule has 102 valence electrons. The quantitative estimate of drug-likeness (QED) is 0.681. The zero-order chi connectivity index (χ0) is 13.0. The molecule has 2 aliphatic rings. The second-order valence-corrected chi connectivity index (χ2v) is 5.52. The third-order valence-electron chi connectivity index (χ3n) is 4.23. The average Bonchev–Trinajstić information content (AvgIpc) is 2.32. The fourth-order valence-electron chi connectivity index (χ4n) is 2.76. The summed E-state index contributed by atoms with van der Waals surface area (Å²) in [6.07, 6.45) is 5.61. The summed E-state index contributed by atoms with van der Waals surface area (Å²) in [5.41, 5.74) is -0.953. The van der Waals surface area contributed by atoms with Gasteiger partial charge < -0.3 is 15.7 Å². The molecular weight excluding hydrogens is 232 g/mol. The topological polar surface area (TPSA) is 78.4 Å². The number of carbonyl (C=O) groups excluding carboxylic acids is 1. The van der Waals surface area contributed by atoms with Gasteiger partial charge in [0, 0.05) is 6.42 Å². The standard InChI is InChI=1S/C13H22N2O3/c16-11(3-2-10-4-8-14-9-5-10)15-13(12(17)18)6-1-7-13/h10,14H,1-9H2,(H,15,16)(H,17,18). The highest BCUT2D eigenvalue weighted by molar-refractivity contribution is 5.87. The number of carboxylic acid groups (broad SMARTS) is 1. The van der Waals surface area contributed by atoms with Gasteiger partial charge in [-0.2, -0.15) is 0 Å². The lowest BCUT2D eigenvalue weighted by atomic mass is 9.76. The van der Waals surface area contributed by atoms with Crippen molar-refractivity contribution in [2.45, 2.75) is 50.5 Å². The largest absolute Gasteiger partial charge is 0.480 e. The van der Waals surface area contributed by atoms with Gasteiger partial charge in [0.2, 0.25) is 5.91 Å². The molecule has 5 nitrogen and oxygen atoms in total. The SMILES string of the molecule is O=C(CCC1CCNCC1)NC1(C(=O)O)CCC1. The molecule has 0 aromatic carbocycles. The fraction of sp³-hybridized carbons (Fsp3) is 0.846. The minimum Gasteiger partial charge on any atom is -0.480 e. The summed E-state index contributed by atoms with van der Waals surface area (Å²) in [6, 6.07) is 0. The van der Waals surface area contributed by atoms with Crippen molar-refractivity contribution in [3.63, 3.8) is 0 Å². The van der Waals surface area contributed by atoms with Crippen LogP contribution >= 0.6 is 0 Å². The summed E-state index contributed by atoms with van der Waals surface area (Å²) in [6.45, 7) is 2.07. The monoisotopic (exact) mass is 254 g/mol. The van der Waals surface area contributed by atoms with E-state index < -0.39 is 11.5 Å². The van der Waals surface area contributed by atoms with Gasteiger partial charge in [0.15, 0.2) is 0 Å². The van der Waals surface area contributed by atoms with Crippen LogP contribution in [0.5, 0.6) is 0 Å². The Bertz CT molecular complexity index is 320. The van der Waals surface area contributed by atoms with Crippen molar-refractivity contribution in [3.8, 4) is 0 Å². The van der Waals surface area contributed by atoms with Crippen molar-refractivity contribution < 1.29 is 14.7 Å². The molecule has 1 saturated heterocycles. The molecule has 1 amide bonds. The predicted octanol–water partition coefficient (Wildman–Crippen LogP) is 0.890. The average molecular weight is 254 g/mol. The van der Waals surface area contributed by atoms with Gasteiger partial charge in [-0.3, -0.25) is 4.79 Å². The Balaban J connectivity index is 1.73. The molecule has 1 heterocycles. The normalized spacial score (nSPS) is 23.1. The van der Waals surface area contributed by atoms with Gasteiger partial charge in [-0.05, 0) is 57.5 Å². The smallest absolute Gasteiger partial charge is 0.329 e. The van der Waals surface area contributed by atoms with Crippen molar-refractivity contribution in [1.82, 2.24) is 10.6 Å². The van der Waals surface area contributed by atoms with Crippen LogP contribution in [0.25, 0.3) is 0 Å². The second kappa shape index (κ2) is 5.69. The van der Waals surface area contributed by atoms with Crippen LogP contribution in [0.2, 0.25) is 0 Å². The number of aliphatic carboxylic acids is 1. The van der Waals surface area contributed by atoms with E-state index in [-0.39, 0.29) is 5.91 Å². The third-order valence-corrected chi connectivity index (χ3v) is 4.23. The van der Waals surface area contributed by atoms with Crippen LogP contribution < -0.4 is 10.6 Å². The van der Waals surface area contributed by atoms with E-state index >= 15 is 0 Å². The van der Waals surface area contributed by atoms with E-state index in [0.29, 0.717) is 25.2 Å². The lowest BCUT2D eigenvalue weighted by Gasteiger charge is -2.38. The van der Waals surface area contributed by atoms with E-state index in [2.05, 4.69) is 10.6 Å². The minimum absolute atomic E-state index is 0.101. The Morgan fingerprint density at radius 3 is 2.44 bits per heavy atom. The second-order valence-electron chi connectivity index (χ2n) is 5.52. The van der Waals surface area contributed by atoms with Crippen LogP contribution in [0, 0.1) is 5.92 Å². The Labute approximate surface area is 107 Å². The Hall–Kier alpha value is -1.10. The molecule has 0 aromatic heterocycles. The van der Waals surface area contributed by atoms with E-state index in [9.17, 15) is 9.59 Å². The molecule has 0 aromatic rings. The van der Waals surface area contributed by atoms with Crippen molar-refractivity contribution in [2.24, 2.45) is 5.92 Å². The number of hydrogen-bond donors (Lipinski definition) is 3. The molecule has 0 radical (unpaired) electrons. The molecule has 0 spiro atoms. The Morgan fingerprint density at radius 2 is 1.94 bits per heavy atom. The van der Waals surface area contributed by atoms with Crippen LogP contribution in [0.1, 0.15) is 44.9 Å². The maximum absolute atomic E-state index is 11.8. The molecule has 0 bridgehead atoms. The number of hydrogen-bond acceptors (Lipinski definition) is 3. The summed E-state index contributed by atoms with van der Waals surface area (Å²) >= 11 is 0. The number of carboxylic acids is 1. The van der Waals surface area contributed by atoms with E-state index in [0.717, 1.165) is 38.8 Å². The van der Waals surface area contributed by atoms with Gasteiger partial charge in [-0.1, -0.05) is 0 Å². The molecule has 5 heteroatoms. The van der Waals surface area contributed by atoms with Crippen LogP contribution in [0.4, 0.5) is 0 Å². The first-order valence-electron chi connectivity index (χ1n) is 6.87. The predicted molar refractivity (Wildman–Crippen MR) is 67.2 cm³/mol. The number of carbonyl (C=O) groups is 2. The van der Waals surface area contributed by atoms with Crippen molar-refractivity contribution in [1.29, 1.82) is 0 Å². The van der Waals surface area contributed by atoms with Gasteiger partial charge in [-0.25, -0.2) is 4.79 Å². The molecule has 18 heavy (non-hydrogen) atoms. The number of piperidine rings is 1. The van der Waals surface area contributed by atoms with Gasteiger partial charge in [0.1, 0.15) is 5.54 Å². The highest BCUT2D eigenvalue weighted by Crippen LogP contribution is 2.32. The van der Waals surface area contributed by atoms with Crippen molar-refractivity contribution in [2.75, 3.05) is 13.1 Å². The van der Waals surface area contributed by atoms with E-state index in [1.807, 2.05) is 0 Å². The summed E-state index contributed by atoms with van der Waals surface area (Å²) in [5, 5.41) is 15.1. The lowest BCUT2D eigenvalue weighted by molar-refractivity contribution is -0.151. The van der Waals surface area contributed by atoms with Crippen LogP contribution in [0.15, 0.2) is 0 Å². The molecule has 1 aliphatic heterocycles. The Morgan fingerprint density at radius 1 is 1.28 bits per heavy atom. The van der Waals surface area contributed by atoms with E-state index in [4.69, 9.17) is 5.11 Å². The third kappa shape index (κ3) is 3.02. The molecule has 1 saturated carbocycles.